The van der Waals surface area contributed by atoms with Gasteiger partial charge in [0.25, 0.3) is 0 Å². The topological polar surface area (TPSA) is 24.9 Å². The van der Waals surface area contributed by atoms with E-state index in [4.69, 9.17) is 0 Å². The quantitative estimate of drug-likeness (QED) is 0.915. The van der Waals surface area contributed by atoms with Crippen molar-refractivity contribution in [2.24, 2.45) is 0 Å². The lowest BCUT2D eigenvalue weighted by Crippen LogP contribution is -2.20. The minimum Gasteiger partial charge on any atom is -0.313 e. The van der Waals surface area contributed by atoms with E-state index in [1.165, 1.54) is 12.1 Å². The van der Waals surface area contributed by atoms with Crippen molar-refractivity contribution in [3.63, 3.8) is 0 Å². The first kappa shape index (κ1) is 13.6. The SMILES string of the molecule is CNC(Cc1ccc(F)cc1F)c1cccnc1C. The monoisotopic (exact) mass is 262 g/mol. The third-order valence-corrected chi connectivity index (χ3v) is 3.21. The van der Waals surface area contributed by atoms with Crippen LogP contribution in [0.1, 0.15) is 22.9 Å². The predicted octanol–water partition coefficient (Wildman–Crippen LogP) is 3.17. The van der Waals surface area contributed by atoms with Gasteiger partial charge in [0, 0.05) is 24.0 Å². The van der Waals surface area contributed by atoms with Crippen LogP contribution in [0.15, 0.2) is 36.5 Å². The van der Waals surface area contributed by atoms with Gasteiger partial charge in [-0.3, -0.25) is 4.98 Å². The molecule has 1 aromatic carbocycles. The molecule has 1 atom stereocenters. The molecular formula is C15H16F2N2. The van der Waals surface area contributed by atoms with E-state index in [1.807, 2.05) is 26.1 Å². The van der Waals surface area contributed by atoms with Gasteiger partial charge in [0.05, 0.1) is 0 Å². The Balaban J connectivity index is 2.27. The molecule has 2 nitrogen and oxygen atoms in total. The van der Waals surface area contributed by atoms with Gasteiger partial charge < -0.3 is 5.32 Å². The molecule has 1 N–H and O–H groups in total. The standard InChI is InChI=1S/C15H16F2N2/c1-10-13(4-3-7-19-10)15(18-2)8-11-5-6-12(16)9-14(11)17/h3-7,9,15,18H,8H2,1-2H3. The van der Waals surface area contributed by atoms with E-state index in [-0.39, 0.29) is 6.04 Å². The molecule has 4 heteroatoms. The highest BCUT2D eigenvalue weighted by molar-refractivity contribution is 5.27. The molecule has 0 aliphatic rings. The van der Waals surface area contributed by atoms with Gasteiger partial charge in [0.2, 0.25) is 0 Å². The molecule has 0 saturated heterocycles. The van der Waals surface area contributed by atoms with Gasteiger partial charge in [-0.2, -0.15) is 0 Å². The van der Waals surface area contributed by atoms with Crippen molar-refractivity contribution in [3.05, 3.63) is 65.0 Å². The van der Waals surface area contributed by atoms with Crippen LogP contribution >= 0.6 is 0 Å². The predicted molar refractivity (Wildman–Crippen MR) is 70.8 cm³/mol. The van der Waals surface area contributed by atoms with Crippen molar-refractivity contribution < 1.29 is 8.78 Å². The number of likely N-dealkylation sites (N-methyl/N-ethyl adjacent to an activating group) is 1. The normalized spacial score (nSPS) is 12.4. The molecule has 2 aromatic rings. The maximum absolute atomic E-state index is 13.7. The number of benzene rings is 1. The lowest BCUT2D eigenvalue weighted by Gasteiger charge is -2.18. The van der Waals surface area contributed by atoms with E-state index in [9.17, 15) is 8.78 Å². The first-order valence-corrected chi connectivity index (χ1v) is 6.14. The van der Waals surface area contributed by atoms with Crippen LogP contribution in [-0.4, -0.2) is 12.0 Å². The molecular weight excluding hydrogens is 246 g/mol. The molecule has 0 bridgehead atoms. The van der Waals surface area contributed by atoms with E-state index < -0.39 is 11.6 Å². The minimum absolute atomic E-state index is 0.0475. The van der Waals surface area contributed by atoms with Gasteiger partial charge in [0.15, 0.2) is 0 Å². The lowest BCUT2D eigenvalue weighted by molar-refractivity contribution is 0.538. The summed E-state index contributed by atoms with van der Waals surface area (Å²) in [5.41, 5.74) is 2.42. The third-order valence-electron chi connectivity index (χ3n) is 3.21. The molecule has 1 aromatic heterocycles. The van der Waals surface area contributed by atoms with Crippen LogP contribution in [0.3, 0.4) is 0 Å². The van der Waals surface area contributed by atoms with Gasteiger partial charge >= 0.3 is 0 Å². The van der Waals surface area contributed by atoms with Crippen molar-refractivity contribution in [3.8, 4) is 0 Å². The molecule has 0 fully saturated rings. The van der Waals surface area contributed by atoms with Crippen LogP contribution in [-0.2, 0) is 6.42 Å². The number of rotatable bonds is 4. The first-order chi connectivity index (χ1) is 9.11. The average molecular weight is 262 g/mol. The average Bonchev–Trinajstić information content (AvgIpc) is 2.39. The number of halogens is 2. The summed E-state index contributed by atoms with van der Waals surface area (Å²) in [6.45, 7) is 1.92. The summed E-state index contributed by atoms with van der Waals surface area (Å²) >= 11 is 0. The molecule has 100 valence electrons. The second kappa shape index (κ2) is 5.89. The molecule has 1 unspecified atom stereocenters. The molecule has 0 spiro atoms. The molecule has 0 saturated carbocycles. The Morgan fingerprint density at radius 3 is 2.68 bits per heavy atom. The van der Waals surface area contributed by atoms with Gasteiger partial charge in [-0.15, -0.1) is 0 Å². The Morgan fingerprint density at radius 2 is 2.05 bits per heavy atom. The van der Waals surface area contributed by atoms with Crippen LogP contribution in [0.4, 0.5) is 8.78 Å². The Labute approximate surface area is 111 Å². The number of aromatic nitrogens is 1. The summed E-state index contributed by atoms with van der Waals surface area (Å²) in [6, 6.07) is 7.45. The van der Waals surface area contributed by atoms with E-state index in [2.05, 4.69) is 10.3 Å². The van der Waals surface area contributed by atoms with Crippen molar-refractivity contribution >= 4 is 0 Å². The fraction of sp³-hybridized carbons (Fsp3) is 0.267. The Morgan fingerprint density at radius 1 is 1.26 bits per heavy atom. The number of hydrogen-bond donors (Lipinski definition) is 1. The van der Waals surface area contributed by atoms with E-state index in [1.54, 1.807) is 6.20 Å². The molecule has 0 radical (unpaired) electrons. The number of pyridine rings is 1. The van der Waals surface area contributed by atoms with Gasteiger partial charge in [-0.25, -0.2) is 8.78 Å². The second-order valence-electron chi connectivity index (χ2n) is 4.46. The number of nitrogens with zero attached hydrogens (tertiary/aromatic N) is 1. The molecule has 2 rings (SSSR count). The van der Waals surface area contributed by atoms with E-state index in [0.29, 0.717) is 12.0 Å². The zero-order valence-electron chi connectivity index (χ0n) is 11.0. The van der Waals surface area contributed by atoms with Crippen LogP contribution in [0, 0.1) is 18.6 Å². The molecule has 19 heavy (non-hydrogen) atoms. The van der Waals surface area contributed by atoms with Crippen LogP contribution < -0.4 is 5.32 Å². The summed E-state index contributed by atoms with van der Waals surface area (Å²) in [7, 11) is 1.82. The number of aryl methyl sites for hydroxylation is 1. The summed E-state index contributed by atoms with van der Waals surface area (Å²) in [4.78, 5) is 4.23. The molecule has 0 amide bonds. The largest absolute Gasteiger partial charge is 0.313 e. The third kappa shape index (κ3) is 3.15. The highest BCUT2D eigenvalue weighted by Gasteiger charge is 2.15. The highest BCUT2D eigenvalue weighted by Crippen LogP contribution is 2.22. The lowest BCUT2D eigenvalue weighted by atomic mass is 9.98. The zero-order chi connectivity index (χ0) is 13.8. The summed E-state index contributed by atoms with van der Waals surface area (Å²) in [5, 5.41) is 3.15. The van der Waals surface area contributed by atoms with Crippen molar-refractivity contribution in [2.45, 2.75) is 19.4 Å². The van der Waals surface area contributed by atoms with Gasteiger partial charge in [-0.05, 0) is 43.7 Å². The summed E-state index contributed by atoms with van der Waals surface area (Å²) < 4.78 is 26.6. The highest BCUT2D eigenvalue weighted by atomic mass is 19.1. The van der Waals surface area contributed by atoms with Crippen molar-refractivity contribution in [1.29, 1.82) is 0 Å². The maximum Gasteiger partial charge on any atom is 0.129 e. The van der Waals surface area contributed by atoms with E-state index in [0.717, 1.165) is 17.3 Å². The second-order valence-corrected chi connectivity index (χ2v) is 4.46. The van der Waals surface area contributed by atoms with Crippen LogP contribution in [0.2, 0.25) is 0 Å². The Kier molecular flexibility index (Phi) is 4.22. The minimum atomic E-state index is -0.556. The summed E-state index contributed by atoms with van der Waals surface area (Å²) in [5.74, 6) is -1.07. The number of hydrogen-bond acceptors (Lipinski definition) is 2. The van der Waals surface area contributed by atoms with Gasteiger partial charge in [0.1, 0.15) is 11.6 Å². The van der Waals surface area contributed by atoms with E-state index >= 15 is 0 Å². The van der Waals surface area contributed by atoms with Crippen molar-refractivity contribution in [2.75, 3.05) is 7.05 Å². The smallest absolute Gasteiger partial charge is 0.129 e. The van der Waals surface area contributed by atoms with Crippen LogP contribution in [0.5, 0.6) is 0 Å². The van der Waals surface area contributed by atoms with Crippen molar-refractivity contribution in [1.82, 2.24) is 10.3 Å². The fourth-order valence-electron chi connectivity index (χ4n) is 2.14. The molecule has 0 aliphatic heterocycles. The molecule has 0 aliphatic carbocycles. The van der Waals surface area contributed by atoms with Gasteiger partial charge in [-0.1, -0.05) is 12.1 Å². The van der Waals surface area contributed by atoms with Crippen LogP contribution in [0.25, 0.3) is 0 Å². The summed E-state index contributed by atoms with van der Waals surface area (Å²) in [6.07, 6.45) is 2.18. The number of nitrogens with one attached hydrogen (secondary N) is 1. The Bertz CT molecular complexity index is 570. The maximum atomic E-state index is 13.7. The first-order valence-electron chi connectivity index (χ1n) is 6.14. The fourth-order valence-corrected chi connectivity index (χ4v) is 2.14. The Hall–Kier alpha value is -1.81. The zero-order valence-corrected chi connectivity index (χ0v) is 11.0. The molecule has 1 heterocycles.